The summed E-state index contributed by atoms with van der Waals surface area (Å²) in [7, 11) is 0. The number of benzene rings is 2. The topological polar surface area (TPSA) is 112 Å². The summed E-state index contributed by atoms with van der Waals surface area (Å²) < 4.78 is 48.7. The molecule has 40 heavy (non-hydrogen) atoms. The fourth-order valence-corrected chi connectivity index (χ4v) is 5.37. The van der Waals surface area contributed by atoms with Gasteiger partial charge in [-0.15, -0.1) is 0 Å². The Morgan fingerprint density at radius 3 is 1.90 bits per heavy atom. The number of carbonyl (C=O) groups excluding carboxylic acids is 3. The number of rotatable bonds is 10. The van der Waals surface area contributed by atoms with E-state index in [2.05, 4.69) is 10.6 Å². The van der Waals surface area contributed by atoms with Crippen LogP contribution in [0.5, 0.6) is 11.5 Å². The summed E-state index contributed by atoms with van der Waals surface area (Å²) in [6, 6.07) is 7.70. The number of hydrogen-bond acceptors (Lipinski definition) is 7. The molecule has 0 saturated heterocycles. The van der Waals surface area contributed by atoms with E-state index < -0.39 is 53.4 Å². The summed E-state index contributed by atoms with van der Waals surface area (Å²) in [5, 5.41) is 5.79. The van der Waals surface area contributed by atoms with Gasteiger partial charge in [0.05, 0.1) is 22.2 Å². The molecule has 1 atom stereocenters. The molecule has 3 aliphatic carbocycles. The van der Waals surface area contributed by atoms with Crippen molar-refractivity contribution in [3.8, 4) is 11.5 Å². The lowest BCUT2D eigenvalue weighted by Crippen LogP contribution is -2.71. The molecular weight excluding hydrogens is 573 g/mol. The Morgan fingerprint density at radius 2 is 1.40 bits per heavy atom. The normalized spacial score (nSPS) is 23.2. The molecule has 2 aromatic carbocycles. The van der Waals surface area contributed by atoms with Crippen molar-refractivity contribution in [3.63, 3.8) is 0 Å². The van der Waals surface area contributed by atoms with Gasteiger partial charge < -0.3 is 29.6 Å². The van der Waals surface area contributed by atoms with Gasteiger partial charge in [-0.05, 0) is 56.9 Å². The molecule has 2 amide bonds. The second kappa shape index (κ2) is 12.5. The zero-order valence-electron chi connectivity index (χ0n) is 21.6. The van der Waals surface area contributed by atoms with E-state index in [4.69, 9.17) is 42.1 Å². The first-order chi connectivity index (χ1) is 19.0. The molecule has 3 aliphatic rings. The molecule has 2 bridgehead atoms. The maximum absolute atomic E-state index is 13.7. The van der Waals surface area contributed by atoms with Crippen molar-refractivity contribution in [2.75, 3.05) is 19.8 Å². The van der Waals surface area contributed by atoms with Gasteiger partial charge >= 0.3 is 6.16 Å². The molecule has 216 valence electrons. The Bertz CT molecular complexity index is 1270. The number of nitrogens with one attached hydrogen (secondary N) is 2. The van der Waals surface area contributed by atoms with Crippen molar-refractivity contribution < 1.29 is 42.1 Å². The van der Waals surface area contributed by atoms with Crippen molar-refractivity contribution >= 4 is 41.2 Å². The van der Waals surface area contributed by atoms with Gasteiger partial charge in [0.15, 0.2) is 13.2 Å². The van der Waals surface area contributed by atoms with Crippen molar-refractivity contribution in [2.45, 2.75) is 56.2 Å². The van der Waals surface area contributed by atoms with Crippen LogP contribution in [0.15, 0.2) is 36.4 Å². The standard InChI is InChI=1S/C27H28Cl2F2N2O7/c1-2-37-25(36)40-22-13-26(32-23(34)14-38-16-3-5-18(28)20(30)11-16)7-9-27(22,10-8-26)33-24(35)15-39-17-4-6-19(29)21(31)12-17/h3-6,11-12,22H,2,7-10,13-15H2,1H3,(H,32,34)(H,33,35)/t22-,26?,27?/m1/s1. The number of carbonyl (C=O) groups is 3. The third-order valence-corrected chi connectivity index (χ3v) is 7.72. The van der Waals surface area contributed by atoms with Gasteiger partial charge in [0.1, 0.15) is 29.2 Å². The summed E-state index contributed by atoms with van der Waals surface area (Å²) in [4.78, 5) is 37.9. The lowest BCUT2D eigenvalue weighted by atomic mass is 9.59. The fraction of sp³-hybridized carbons (Fsp3) is 0.444. The van der Waals surface area contributed by atoms with Crippen LogP contribution in [0.3, 0.4) is 0 Å². The van der Waals surface area contributed by atoms with E-state index in [1.54, 1.807) is 6.92 Å². The molecule has 0 unspecified atom stereocenters. The van der Waals surface area contributed by atoms with E-state index >= 15 is 0 Å². The molecule has 3 fully saturated rings. The Hall–Kier alpha value is -3.31. The second-order valence-electron chi connectivity index (χ2n) is 9.76. The molecule has 0 heterocycles. The van der Waals surface area contributed by atoms with Crippen LogP contribution in [0, 0.1) is 11.6 Å². The van der Waals surface area contributed by atoms with Gasteiger partial charge in [0.25, 0.3) is 11.8 Å². The highest BCUT2D eigenvalue weighted by atomic mass is 35.5. The van der Waals surface area contributed by atoms with Crippen LogP contribution in [-0.2, 0) is 19.1 Å². The SMILES string of the molecule is CCOC(=O)O[C@@H]1CC2(NC(=O)COc3ccc(Cl)c(F)c3)CCC1(NC(=O)COc1ccc(Cl)c(F)c1)CC2. The zero-order valence-corrected chi connectivity index (χ0v) is 23.1. The molecule has 5 rings (SSSR count). The summed E-state index contributed by atoms with van der Waals surface area (Å²) in [5.74, 6) is -1.99. The minimum absolute atomic E-state index is 0.0613. The largest absolute Gasteiger partial charge is 0.508 e. The number of ether oxygens (including phenoxy) is 4. The van der Waals surface area contributed by atoms with E-state index in [0.717, 1.165) is 12.1 Å². The van der Waals surface area contributed by atoms with Gasteiger partial charge in [0.2, 0.25) is 0 Å². The average molecular weight is 601 g/mol. The first-order valence-electron chi connectivity index (χ1n) is 12.6. The molecule has 0 spiro atoms. The van der Waals surface area contributed by atoms with Gasteiger partial charge in [-0.3, -0.25) is 9.59 Å². The zero-order chi connectivity index (χ0) is 28.9. The van der Waals surface area contributed by atoms with Crippen LogP contribution >= 0.6 is 23.2 Å². The Balaban J connectivity index is 1.39. The minimum Gasteiger partial charge on any atom is -0.484 e. The van der Waals surface area contributed by atoms with Gasteiger partial charge in [-0.25, -0.2) is 13.6 Å². The average Bonchev–Trinajstić information content (AvgIpc) is 2.91. The first kappa shape index (κ1) is 29.7. The molecule has 2 N–H and O–H groups in total. The van der Waals surface area contributed by atoms with E-state index in [1.807, 2.05) is 0 Å². The van der Waals surface area contributed by atoms with Crippen LogP contribution in [0.2, 0.25) is 10.0 Å². The molecule has 0 aliphatic heterocycles. The summed E-state index contributed by atoms with van der Waals surface area (Å²) >= 11 is 11.4. The monoisotopic (exact) mass is 600 g/mol. The van der Waals surface area contributed by atoms with E-state index in [9.17, 15) is 23.2 Å². The highest BCUT2D eigenvalue weighted by Gasteiger charge is 2.57. The van der Waals surface area contributed by atoms with Crippen molar-refractivity contribution in [2.24, 2.45) is 0 Å². The van der Waals surface area contributed by atoms with E-state index in [0.29, 0.717) is 25.7 Å². The molecule has 13 heteroatoms. The third kappa shape index (κ3) is 7.06. The second-order valence-corrected chi connectivity index (χ2v) is 10.6. The summed E-state index contributed by atoms with van der Waals surface area (Å²) in [5.41, 5.74) is -1.63. The van der Waals surface area contributed by atoms with Crippen LogP contribution in [0.4, 0.5) is 13.6 Å². The minimum atomic E-state index is -0.914. The van der Waals surface area contributed by atoms with Crippen LogP contribution in [0.1, 0.15) is 39.0 Å². The smallest absolute Gasteiger partial charge is 0.484 e. The number of fused-ring (bicyclic) bond motifs is 3. The highest BCUT2D eigenvalue weighted by Crippen LogP contribution is 2.48. The first-order valence-corrected chi connectivity index (χ1v) is 13.4. The van der Waals surface area contributed by atoms with Gasteiger partial charge in [0, 0.05) is 24.1 Å². The molecule has 0 radical (unpaired) electrons. The van der Waals surface area contributed by atoms with Crippen LogP contribution in [0.25, 0.3) is 0 Å². The van der Waals surface area contributed by atoms with Gasteiger partial charge in [-0.2, -0.15) is 0 Å². The third-order valence-electron chi connectivity index (χ3n) is 7.11. The molecule has 2 aromatic rings. The number of amides is 2. The van der Waals surface area contributed by atoms with Crippen molar-refractivity contribution in [3.05, 3.63) is 58.1 Å². The lowest BCUT2D eigenvalue weighted by Gasteiger charge is -2.56. The summed E-state index contributed by atoms with van der Waals surface area (Å²) in [6.45, 7) is 0.966. The van der Waals surface area contributed by atoms with Crippen LogP contribution < -0.4 is 20.1 Å². The molecule has 3 saturated carbocycles. The van der Waals surface area contributed by atoms with E-state index in [-0.39, 0.29) is 41.2 Å². The lowest BCUT2D eigenvalue weighted by molar-refractivity contribution is -0.139. The van der Waals surface area contributed by atoms with Crippen molar-refractivity contribution in [1.82, 2.24) is 10.6 Å². The van der Waals surface area contributed by atoms with Crippen molar-refractivity contribution in [1.29, 1.82) is 0 Å². The quantitative estimate of drug-likeness (QED) is 0.371. The van der Waals surface area contributed by atoms with E-state index in [1.165, 1.54) is 24.3 Å². The molecule has 0 aromatic heterocycles. The summed E-state index contributed by atoms with van der Waals surface area (Å²) in [6.07, 6.45) is 0.273. The number of halogens is 4. The van der Waals surface area contributed by atoms with Crippen LogP contribution in [-0.4, -0.2) is 55.0 Å². The Morgan fingerprint density at radius 1 is 0.875 bits per heavy atom. The highest BCUT2D eigenvalue weighted by molar-refractivity contribution is 6.31. The Labute approximate surface area is 239 Å². The fourth-order valence-electron chi connectivity index (χ4n) is 5.13. The predicted octanol–water partition coefficient (Wildman–Crippen LogP) is 4.96. The van der Waals surface area contributed by atoms with Gasteiger partial charge in [-0.1, -0.05) is 23.2 Å². The predicted molar refractivity (Wildman–Crippen MR) is 141 cm³/mol. The molecular formula is C27H28Cl2F2N2O7. The number of hydrogen-bond donors (Lipinski definition) is 2. The maximum Gasteiger partial charge on any atom is 0.508 e. The Kier molecular flexibility index (Phi) is 9.25. The molecule has 9 nitrogen and oxygen atoms in total. The maximum atomic E-state index is 13.7.